The van der Waals surface area contributed by atoms with Gasteiger partial charge in [-0.25, -0.2) is 8.78 Å². The first-order valence-corrected chi connectivity index (χ1v) is 7.19. The molecule has 1 aliphatic rings. The molecule has 2 nitrogen and oxygen atoms in total. The highest BCUT2D eigenvalue weighted by atomic mass is 19.3. The number of alkyl halides is 2. The van der Waals surface area contributed by atoms with Gasteiger partial charge in [0.2, 0.25) is 0 Å². The zero-order chi connectivity index (χ0) is 14.8. The summed E-state index contributed by atoms with van der Waals surface area (Å²) in [6, 6.07) is 3.26. The van der Waals surface area contributed by atoms with Gasteiger partial charge >= 0.3 is 0 Å². The van der Waals surface area contributed by atoms with Crippen molar-refractivity contribution in [2.24, 2.45) is 5.92 Å². The number of aryl methyl sites for hydroxylation is 1. The van der Waals surface area contributed by atoms with Gasteiger partial charge in [-0.15, -0.1) is 0 Å². The molecule has 20 heavy (non-hydrogen) atoms. The van der Waals surface area contributed by atoms with Gasteiger partial charge in [0.05, 0.1) is 12.7 Å². The van der Waals surface area contributed by atoms with Crippen LogP contribution < -0.4 is 10.1 Å². The SMILES string of the molecule is COc1c(C(C)(F)F)ccc(C)c1CC1CCCNC1. The molecule has 0 aliphatic carbocycles. The molecule has 2 rings (SSSR count). The summed E-state index contributed by atoms with van der Waals surface area (Å²) in [5.41, 5.74) is 1.95. The van der Waals surface area contributed by atoms with Crippen molar-refractivity contribution >= 4 is 0 Å². The maximum absolute atomic E-state index is 13.7. The monoisotopic (exact) mass is 283 g/mol. The minimum Gasteiger partial charge on any atom is -0.496 e. The number of ether oxygens (including phenoxy) is 1. The van der Waals surface area contributed by atoms with Gasteiger partial charge in [0.25, 0.3) is 5.92 Å². The van der Waals surface area contributed by atoms with Gasteiger partial charge in [0, 0.05) is 6.92 Å². The average molecular weight is 283 g/mol. The Bertz CT molecular complexity index is 462. The average Bonchev–Trinajstić information content (AvgIpc) is 2.40. The van der Waals surface area contributed by atoms with E-state index < -0.39 is 5.92 Å². The largest absolute Gasteiger partial charge is 0.496 e. The smallest absolute Gasteiger partial charge is 0.274 e. The Morgan fingerprint density at radius 1 is 1.40 bits per heavy atom. The Balaban J connectivity index is 2.34. The van der Waals surface area contributed by atoms with Crippen LogP contribution in [0.5, 0.6) is 5.75 Å². The second-order valence-corrected chi connectivity index (χ2v) is 5.75. The Morgan fingerprint density at radius 2 is 2.15 bits per heavy atom. The molecule has 1 unspecified atom stereocenters. The summed E-state index contributed by atoms with van der Waals surface area (Å²) in [5, 5.41) is 3.37. The van der Waals surface area contributed by atoms with Crippen molar-refractivity contribution in [2.45, 2.75) is 39.0 Å². The highest BCUT2D eigenvalue weighted by Gasteiger charge is 2.31. The van der Waals surface area contributed by atoms with E-state index in [1.165, 1.54) is 13.2 Å². The minimum atomic E-state index is -2.88. The molecule has 0 saturated carbocycles. The van der Waals surface area contributed by atoms with Crippen LogP contribution >= 0.6 is 0 Å². The van der Waals surface area contributed by atoms with Crippen molar-refractivity contribution in [3.8, 4) is 5.75 Å². The molecule has 0 amide bonds. The number of nitrogens with one attached hydrogen (secondary N) is 1. The molecule has 1 saturated heterocycles. The molecule has 1 aromatic rings. The number of methoxy groups -OCH3 is 1. The van der Waals surface area contributed by atoms with Crippen LogP contribution in [0.1, 0.15) is 36.5 Å². The number of hydrogen-bond donors (Lipinski definition) is 1. The van der Waals surface area contributed by atoms with Gasteiger partial charge in [0.15, 0.2) is 0 Å². The fraction of sp³-hybridized carbons (Fsp3) is 0.625. The van der Waals surface area contributed by atoms with Gasteiger partial charge in [-0.2, -0.15) is 0 Å². The second-order valence-electron chi connectivity index (χ2n) is 5.75. The lowest BCUT2D eigenvalue weighted by Gasteiger charge is -2.26. The highest BCUT2D eigenvalue weighted by molar-refractivity contribution is 5.48. The van der Waals surface area contributed by atoms with E-state index in [0.717, 1.165) is 50.4 Å². The Morgan fingerprint density at radius 3 is 2.70 bits per heavy atom. The number of piperidine rings is 1. The third-order valence-electron chi connectivity index (χ3n) is 4.06. The van der Waals surface area contributed by atoms with Crippen LogP contribution in [0.3, 0.4) is 0 Å². The topological polar surface area (TPSA) is 21.3 Å². The Kier molecular flexibility index (Phi) is 4.63. The predicted octanol–water partition coefficient (Wildman–Crippen LogP) is 3.66. The van der Waals surface area contributed by atoms with Gasteiger partial charge in [-0.3, -0.25) is 0 Å². The van der Waals surface area contributed by atoms with Gasteiger partial charge in [-0.05, 0) is 62.4 Å². The summed E-state index contributed by atoms with van der Waals surface area (Å²) < 4.78 is 32.7. The fourth-order valence-electron chi connectivity index (χ4n) is 2.95. The number of hydrogen-bond acceptors (Lipinski definition) is 2. The molecule has 0 aromatic heterocycles. The van der Waals surface area contributed by atoms with Gasteiger partial charge in [-0.1, -0.05) is 6.07 Å². The molecular weight excluding hydrogens is 260 g/mol. The van der Waals surface area contributed by atoms with E-state index >= 15 is 0 Å². The molecule has 1 heterocycles. The molecule has 112 valence electrons. The van der Waals surface area contributed by atoms with E-state index in [-0.39, 0.29) is 5.56 Å². The molecule has 1 fully saturated rings. The summed E-state index contributed by atoms with van der Waals surface area (Å²) in [6.07, 6.45) is 3.09. The van der Waals surface area contributed by atoms with Crippen molar-refractivity contribution in [1.29, 1.82) is 0 Å². The Labute approximate surface area is 119 Å². The molecule has 0 bridgehead atoms. The van der Waals surface area contributed by atoms with Gasteiger partial charge in [0.1, 0.15) is 5.75 Å². The van der Waals surface area contributed by atoms with Crippen molar-refractivity contribution < 1.29 is 13.5 Å². The third-order valence-corrected chi connectivity index (χ3v) is 4.06. The second kappa shape index (κ2) is 6.08. The number of benzene rings is 1. The predicted molar refractivity (Wildman–Crippen MR) is 76.6 cm³/mol. The molecule has 0 spiro atoms. The summed E-state index contributed by atoms with van der Waals surface area (Å²) in [7, 11) is 1.48. The first kappa shape index (κ1) is 15.2. The lowest BCUT2D eigenvalue weighted by Crippen LogP contribution is -2.31. The third kappa shape index (κ3) is 3.29. The summed E-state index contributed by atoms with van der Waals surface area (Å²) >= 11 is 0. The standard InChI is InChI=1S/C16H23F2NO/c1-11-6-7-14(16(2,17)18)15(20-3)13(11)9-12-5-4-8-19-10-12/h6-7,12,19H,4-5,8-10H2,1-3H3. The van der Waals surface area contributed by atoms with Crippen LogP contribution in [-0.4, -0.2) is 20.2 Å². The van der Waals surface area contributed by atoms with Crippen LogP contribution in [-0.2, 0) is 12.3 Å². The normalized spacial score (nSPS) is 19.9. The van der Waals surface area contributed by atoms with E-state index in [4.69, 9.17) is 4.74 Å². The molecule has 1 N–H and O–H groups in total. The lowest BCUT2D eigenvalue weighted by atomic mass is 9.88. The van der Waals surface area contributed by atoms with Crippen LogP contribution in [0.2, 0.25) is 0 Å². The molecule has 1 aromatic carbocycles. The zero-order valence-electron chi connectivity index (χ0n) is 12.4. The lowest BCUT2D eigenvalue weighted by molar-refractivity contribution is 0.0149. The van der Waals surface area contributed by atoms with Crippen LogP contribution in [0.25, 0.3) is 0 Å². The van der Waals surface area contributed by atoms with Crippen molar-refractivity contribution in [3.05, 3.63) is 28.8 Å². The van der Waals surface area contributed by atoms with Gasteiger partial charge < -0.3 is 10.1 Å². The minimum absolute atomic E-state index is 0.00984. The Hall–Kier alpha value is -1.16. The van der Waals surface area contributed by atoms with E-state index in [1.807, 2.05) is 6.92 Å². The quantitative estimate of drug-likeness (QED) is 0.910. The number of halogens is 2. The highest BCUT2D eigenvalue weighted by Crippen LogP contribution is 2.39. The summed E-state index contributed by atoms with van der Waals surface area (Å²) in [5.74, 6) is -2.02. The van der Waals surface area contributed by atoms with Crippen molar-refractivity contribution in [3.63, 3.8) is 0 Å². The first-order chi connectivity index (χ1) is 9.43. The van der Waals surface area contributed by atoms with Crippen LogP contribution in [0, 0.1) is 12.8 Å². The maximum atomic E-state index is 13.7. The molecule has 1 atom stereocenters. The van der Waals surface area contributed by atoms with E-state index in [1.54, 1.807) is 6.07 Å². The van der Waals surface area contributed by atoms with Crippen LogP contribution in [0.15, 0.2) is 12.1 Å². The molecular formula is C16H23F2NO. The number of rotatable bonds is 4. The first-order valence-electron chi connectivity index (χ1n) is 7.19. The maximum Gasteiger partial charge on any atom is 0.274 e. The van der Waals surface area contributed by atoms with Crippen LogP contribution in [0.4, 0.5) is 8.78 Å². The zero-order valence-corrected chi connectivity index (χ0v) is 12.4. The molecule has 4 heteroatoms. The summed E-state index contributed by atoms with van der Waals surface area (Å²) in [6.45, 7) is 4.90. The molecule has 1 aliphatic heterocycles. The van der Waals surface area contributed by atoms with E-state index in [9.17, 15) is 8.78 Å². The van der Waals surface area contributed by atoms with Crippen molar-refractivity contribution in [1.82, 2.24) is 5.32 Å². The van der Waals surface area contributed by atoms with E-state index in [2.05, 4.69) is 5.32 Å². The van der Waals surface area contributed by atoms with E-state index in [0.29, 0.717) is 11.7 Å². The van der Waals surface area contributed by atoms with Crippen molar-refractivity contribution in [2.75, 3.05) is 20.2 Å². The summed E-state index contributed by atoms with van der Waals surface area (Å²) in [4.78, 5) is 0. The fourth-order valence-corrected chi connectivity index (χ4v) is 2.95. The molecule has 0 radical (unpaired) electrons.